The Morgan fingerprint density at radius 2 is 1.92 bits per heavy atom. The van der Waals surface area contributed by atoms with Crippen LogP contribution in [0.3, 0.4) is 0 Å². The molecule has 3 aromatic heterocycles. The van der Waals surface area contributed by atoms with Crippen molar-refractivity contribution >= 4 is 27.8 Å². The third kappa shape index (κ3) is 4.08. The molecule has 200 valence electrons. The van der Waals surface area contributed by atoms with E-state index in [2.05, 4.69) is 10.3 Å². The second-order valence-corrected chi connectivity index (χ2v) is 10.4. The second-order valence-electron chi connectivity index (χ2n) is 10.4. The number of piperazine rings is 1. The van der Waals surface area contributed by atoms with Crippen LogP contribution in [0, 0.1) is 18.6 Å². The SMILES string of the molecule is Cc1cccc(C(C)C)c1-n1c(=O)nc(N2CCNC[C@@H]2C)c2cc(F)c(-c3c(F)ccc4ccoc34)nc21. The Labute approximate surface area is 224 Å². The number of anilines is 1. The van der Waals surface area contributed by atoms with Crippen molar-refractivity contribution in [2.24, 2.45) is 0 Å². The van der Waals surface area contributed by atoms with E-state index in [-0.39, 0.29) is 34.4 Å². The molecule has 0 bridgehead atoms. The van der Waals surface area contributed by atoms with Gasteiger partial charge in [-0.2, -0.15) is 4.98 Å². The topological polar surface area (TPSA) is 76.2 Å². The van der Waals surface area contributed by atoms with Crippen molar-refractivity contribution in [3.05, 3.63) is 82.0 Å². The van der Waals surface area contributed by atoms with E-state index in [1.54, 1.807) is 12.1 Å². The minimum absolute atomic E-state index is 0.0198. The fourth-order valence-corrected chi connectivity index (χ4v) is 5.54. The maximum atomic E-state index is 16.0. The zero-order valence-corrected chi connectivity index (χ0v) is 22.3. The normalized spacial score (nSPS) is 16.1. The van der Waals surface area contributed by atoms with E-state index >= 15 is 8.78 Å². The first-order chi connectivity index (χ1) is 18.8. The molecule has 0 amide bonds. The van der Waals surface area contributed by atoms with Gasteiger partial charge in [-0.15, -0.1) is 0 Å². The van der Waals surface area contributed by atoms with E-state index in [4.69, 9.17) is 9.40 Å². The summed E-state index contributed by atoms with van der Waals surface area (Å²) in [6, 6.07) is 11.7. The lowest BCUT2D eigenvalue weighted by atomic mass is 9.98. The Bertz CT molecular complexity index is 1790. The van der Waals surface area contributed by atoms with E-state index < -0.39 is 17.3 Å². The van der Waals surface area contributed by atoms with E-state index in [1.807, 2.05) is 50.8 Å². The van der Waals surface area contributed by atoms with Crippen LogP contribution in [-0.4, -0.2) is 40.2 Å². The molecular weight excluding hydrogens is 500 g/mol. The Morgan fingerprint density at radius 3 is 2.69 bits per heavy atom. The molecular formula is C30H29F2N5O2. The fraction of sp³-hybridized carbons (Fsp3) is 0.300. The van der Waals surface area contributed by atoms with Crippen LogP contribution in [0.15, 0.2) is 57.9 Å². The molecule has 1 saturated heterocycles. The van der Waals surface area contributed by atoms with E-state index in [0.717, 1.165) is 11.1 Å². The number of rotatable bonds is 4. The number of halogens is 2. The summed E-state index contributed by atoms with van der Waals surface area (Å²) in [6.45, 7) is 10.0. The van der Waals surface area contributed by atoms with Gasteiger partial charge in [0.25, 0.3) is 0 Å². The molecule has 1 aliphatic rings. The van der Waals surface area contributed by atoms with Crippen LogP contribution in [0.2, 0.25) is 0 Å². The molecule has 1 N–H and O–H groups in total. The van der Waals surface area contributed by atoms with Gasteiger partial charge in [0.05, 0.1) is 22.9 Å². The number of furan rings is 1. The minimum Gasteiger partial charge on any atom is -0.464 e. The molecule has 39 heavy (non-hydrogen) atoms. The summed E-state index contributed by atoms with van der Waals surface area (Å²) in [6.07, 6.45) is 1.43. The Kier molecular flexibility index (Phi) is 6.18. The first-order valence-corrected chi connectivity index (χ1v) is 13.1. The molecule has 6 rings (SSSR count). The van der Waals surface area contributed by atoms with Crippen LogP contribution in [-0.2, 0) is 0 Å². The quantitative estimate of drug-likeness (QED) is 0.322. The predicted octanol–water partition coefficient (Wildman–Crippen LogP) is 5.70. The summed E-state index contributed by atoms with van der Waals surface area (Å²) in [5.74, 6) is -0.936. The van der Waals surface area contributed by atoms with Gasteiger partial charge < -0.3 is 14.6 Å². The number of pyridine rings is 1. The maximum Gasteiger partial charge on any atom is 0.355 e. The number of nitrogens with zero attached hydrogens (tertiary/aromatic N) is 4. The molecule has 0 saturated carbocycles. The highest BCUT2D eigenvalue weighted by atomic mass is 19.1. The molecule has 1 aliphatic heterocycles. The van der Waals surface area contributed by atoms with Crippen molar-refractivity contribution in [2.45, 2.75) is 39.7 Å². The summed E-state index contributed by atoms with van der Waals surface area (Å²) >= 11 is 0. The van der Waals surface area contributed by atoms with Crippen molar-refractivity contribution in [3.63, 3.8) is 0 Å². The van der Waals surface area contributed by atoms with Crippen molar-refractivity contribution in [1.29, 1.82) is 0 Å². The van der Waals surface area contributed by atoms with Crippen LogP contribution in [0.1, 0.15) is 37.8 Å². The summed E-state index contributed by atoms with van der Waals surface area (Å²) in [4.78, 5) is 25.1. The van der Waals surface area contributed by atoms with Gasteiger partial charge in [0, 0.05) is 31.1 Å². The Hall–Kier alpha value is -4.11. The average molecular weight is 530 g/mol. The Balaban J connectivity index is 1.75. The van der Waals surface area contributed by atoms with Crippen LogP contribution in [0.25, 0.3) is 38.9 Å². The highest BCUT2D eigenvalue weighted by Gasteiger charge is 2.28. The zero-order chi connectivity index (χ0) is 27.4. The van der Waals surface area contributed by atoms with Gasteiger partial charge >= 0.3 is 5.69 Å². The molecule has 1 fully saturated rings. The molecule has 9 heteroatoms. The molecule has 4 heterocycles. The van der Waals surface area contributed by atoms with Crippen molar-refractivity contribution in [3.8, 4) is 16.9 Å². The number of benzene rings is 2. The number of aryl methyl sites for hydroxylation is 1. The van der Waals surface area contributed by atoms with Gasteiger partial charge in [-0.25, -0.2) is 23.1 Å². The standard InChI is InChI=1S/C30H29F2N5O2/c1-16(2)20-7-5-6-17(3)26(20)37-29-21(28(35-30(37)38)36-12-11-33-15-18(36)4)14-23(32)25(34-29)24-22(31)9-8-19-10-13-39-27(19)24/h5-10,13-14,16,18,33H,11-12,15H2,1-4H3/t18-/m0/s1. The van der Waals surface area contributed by atoms with Gasteiger partial charge in [0.15, 0.2) is 11.5 Å². The highest BCUT2D eigenvalue weighted by Crippen LogP contribution is 2.37. The number of aromatic nitrogens is 3. The lowest BCUT2D eigenvalue weighted by Gasteiger charge is -2.35. The number of hydrogen-bond acceptors (Lipinski definition) is 6. The molecule has 5 aromatic rings. The molecule has 0 aliphatic carbocycles. The van der Waals surface area contributed by atoms with Crippen molar-refractivity contribution in [2.75, 3.05) is 24.5 Å². The first-order valence-electron chi connectivity index (χ1n) is 13.1. The molecule has 2 aromatic carbocycles. The third-order valence-corrected chi connectivity index (χ3v) is 7.50. The average Bonchev–Trinajstić information content (AvgIpc) is 3.38. The lowest BCUT2D eigenvalue weighted by molar-refractivity contribution is 0.497. The van der Waals surface area contributed by atoms with Gasteiger partial charge in [-0.3, -0.25) is 0 Å². The Morgan fingerprint density at radius 1 is 1.10 bits per heavy atom. The number of hydrogen-bond donors (Lipinski definition) is 1. The largest absolute Gasteiger partial charge is 0.464 e. The van der Waals surface area contributed by atoms with Gasteiger partial charge in [-0.1, -0.05) is 32.0 Å². The molecule has 7 nitrogen and oxygen atoms in total. The molecule has 0 radical (unpaired) electrons. The molecule has 0 unspecified atom stereocenters. The monoisotopic (exact) mass is 529 g/mol. The first kappa shape index (κ1) is 25.2. The maximum absolute atomic E-state index is 16.0. The van der Waals surface area contributed by atoms with Crippen molar-refractivity contribution in [1.82, 2.24) is 19.9 Å². The smallest absolute Gasteiger partial charge is 0.355 e. The van der Waals surface area contributed by atoms with E-state index in [9.17, 15) is 4.79 Å². The summed E-state index contributed by atoms with van der Waals surface area (Å²) in [5.41, 5.74) is 2.00. The van der Waals surface area contributed by atoms with Crippen LogP contribution in [0.4, 0.5) is 14.6 Å². The lowest BCUT2D eigenvalue weighted by Crippen LogP contribution is -2.50. The van der Waals surface area contributed by atoms with Crippen molar-refractivity contribution < 1.29 is 13.2 Å². The van der Waals surface area contributed by atoms with Crippen LogP contribution < -0.4 is 15.9 Å². The van der Waals surface area contributed by atoms with Gasteiger partial charge in [-0.05, 0) is 55.2 Å². The van der Waals surface area contributed by atoms with E-state index in [0.29, 0.717) is 41.9 Å². The number of para-hydroxylation sites is 1. The minimum atomic E-state index is -0.727. The predicted molar refractivity (Wildman–Crippen MR) is 149 cm³/mol. The summed E-state index contributed by atoms with van der Waals surface area (Å²) < 4.78 is 38.2. The van der Waals surface area contributed by atoms with E-state index in [1.165, 1.54) is 23.0 Å². The number of nitrogens with one attached hydrogen (secondary N) is 1. The van der Waals surface area contributed by atoms with Crippen LogP contribution in [0.5, 0.6) is 0 Å². The zero-order valence-electron chi connectivity index (χ0n) is 22.3. The summed E-state index contributed by atoms with van der Waals surface area (Å²) in [5, 5.41) is 4.33. The highest BCUT2D eigenvalue weighted by molar-refractivity contribution is 5.95. The van der Waals surface area contributed by atoms with Gasteiger partial charge in [0.1, 0.15) is 22.9 Å². The molecule has 1 atom stereocenters. The second kappa shape index (κ2) is 9.57. The third-order valence-electron chi connectivity index (χ3n) is 7.50. The van der Waals surface area contributed by atoms with Crippen LogP contribution >= 0.6 is 0 Å². The fourth-order valence-electron chi connectivity index (χ4n) is 5.54. The summed E-state index contributed by atoms with van der Waals surface area (Å²) in [7, 11) is 0. The number of fused-ring (bicyclic) bond motifs is 2. The van der Waals surface area contributed by atoms with Gasteiger partial charge in [0.2, 0.25) is 0 Å². The molecule has 0 spiro atoms.